The van der Waals surface area contributed by atoms with Crippen LogP contribution in [-0.2, 0) is 0 Å². The van der Waals surface area contributed by atoms with Gasteiger partial charge in [0, 0.05) is 25.6 Å². The van der Waals surface area contributed by atoms with Crippen LogP contribution in [0.3, 0.4) is 0 Å². The minimum Gasteiger partial charge on any atom is -0.300 e. The van der Waals surface area contributed by atoms with E-state index in [2.05, 4.69) is 18.7 Å². The van der Waals surface area contributed by atoms with Gasteiger partial charge in [0.2, 0.25) is 0 Å². The summed E-state index contributed by atoms with van der Waals surface area (Å²) in [6, 6.07) is 6.89. The van der Waals surface area contributed by atoms with E-state index in [1.807, 2.05) is 0 Å². The molecule has 1 aromatic carbocycles. The van der Waals surface area contributed by atoms with Gasteiger partial charge in [-0.3, -0.25) is 9.69 Å². The summed E-state index contributed by atoms with van der Waals surface area (Å²) in [5.41, 5.74) is 0.225. The topological polar surface area (TPSA) is 20.3 Å². The highest BCUT2D eigenvalue weighted by molar-refractivity contribution is 5.96. The van der Waals surface area contributed by atoms with Crippen LogP contribution in [0.5, 0.6) is 0 Å². The van der Waals surface area contributed by atoms with Gasteiger partial charge in [-0.25, -0.2) is 4.39 Å². The van der Waals surface area contributed by atoms with E-state index in [0.29, 0.717) is 18.4 Å². The average Bonchev–Trinajstić information content (AvgIpc) is 3.18. The summed E-state index contributed by atoms with van der Waals surface area (Å²) in [7, 11) is 0. The normalized spacial score (nSPS) is 15.2. The van der Waals surface area contributed by atoms with Crippen molar-refractivity contribution in [3.8, 4) is 0 Å². The van der Waals surface area contributed by atoms with E-state index in [-0.39, 0.29) is 11.3 Å². The molecule has 1 aromatic rings. The summed E-state index contributed by atoms with van der Waals surface area (Å²) in [5, 5.41) is 0. The Hall–Kier alpha value is -1.22. The van der Waals surface area contributed by atoms with Gasteiger partial charge in [0.15, 0.2) is 5.78 Å². The average molecular weight is 263 g/mol. The molecule has 2 nitrogen and oxygen atoms in total. The number of ketones is 1. The summed E-state index contributed by atoms with van der Waals surface area (Å²) >= 11 is 0. The van der Waals surface area contributed by atoms with Crippen LogP contribution in [0.2, 0.25) is 0 Å². The van der Waals surface area contributed by atoms with Crippen LogP contribution < -0.4 is 0 Å². The van der Waals surface area contributed by atoms with Crippen LogP contribution in [0.15, 0.2) is 24.3 Å². The second-order valence-electron chi connectivity index (χ2n) is 5.77. The van der Waals surface area contributed by atoms with E-state index in [0.717, 1.165) is 13.1 Å². The smallest absolute Gasteiger partial charge is 0.167 e. The van der Waals surface area contributed by atoms with Crippen molar-refractivity contribution in [3.63, 3.8) is 0 Å². The Labute approximate surface area is 114 Å². The molecule has 0 N–H and O–H groups in total. The molecule has 3 heteroatoms. The number of rotatable bonds is 7. The Kier molecular flexibility index (Phi) is 4.70. The Balaban J connectivity index is 1.90. The summed E-state index contributed by atoms with van der Waals surface area (Å²) in [6.07, 6.45) is 2.88. The van der Waals surface area contributed by atoms with Crippen molar-refractivity contribution < 1.29 is 9.18 Å². The molecular weight excluding hydrogens is 241 g/mol. The fourth-order valence-electron chi connectivity index (χ4n) is 2.40. The van der Waals surface area contributed by atoms with E-state index in [9.17, 15) is 9.18 Å². The van der Waals surface area contributed by atoms with Gasteiger partial charge < -0.3 is 0 Å². The molecule has 0 heterocycles. The van der Waals surface area contributed by atoms with Crippen molar-refractivity contribution in [1.29, 1.82) is 0 Å². The first-order valence-electron chi connectivity index (χ1n) is 7.09. The Morgan fingerprint density at radius 1 is 1.37 bits per heavy atom. The molecule has 0 radical (unpaired) electrons. The fourth-order valence-corrected chi connectivity index (χ4v) is 2.40. The van der Waals surface area contributed by atoms with Gasteiger partial charge in [-0.05, 0) is 30.9 Å². The lowest BCUT2D eigenvalue weighted by atomic mass is 10.1. The maximum atomic E-state index is 13.5. The van der Waals surface area contributed by atoms with Gasteiger partial charge in [0.25, 0.3) is 0 Å². The van der Waals surface area contributed by atoms with Gasteiger partial charge in [-0.1, -0.05) is 26.0 Å². The lowest BCUT2D eigenvalue weighted by Gasteiger charge is -2.23. The van der Waals surface area contributed by atoms with Crippen LogP contribution in [0, 0.1) is 11.7 Å². The summed E-state index contributed by atoms with van der Waals surface area (Å²) in [4.78, 5) is 14.4. The third-order valence-corrected chi connectivity index (χ3v) is 3.46. The Morgan fingerprint density at radius 2 is 2.05 bits per heavy atom. The van der Waals surface area contributed by atoms with Crippen molar-refractivity contribution >= 4 is 5.78 Å². The first-order valence-corrected chi connectivity index (χ1v) is 7.09. The molecule has 1 saturated carbocycles. The van der Waals surface area contributed by atoms with E-state index in [4.69, 9.17) is 0 Å². The number of halogens is 1. The first-order chi connectivity index (χ1) is 9.08. The van der Waals surface area contributed by atoms with Gasteiger partial charge in [-0.15, -0.1) is 0 Å². The van der Waals surface area contributed by atoms with Gasteiger partial charge in [-0.2, -0.15) is 0 Å². The van der Waals surface area contributed by atoms with Crippen molar-refractivity contribution in [3.05, 3.63) is 35.6 Å². The number of carbonyl (C=O) groups excluding carboxylic acids is 1. The van der Waals surface area contributed by atoms with E-state index in [1.54, 1.807) is 18.2 Å². The minimum atomic E-state index is -0.408. The fraction of sp³-hybridized carbons (Fsp3) is 0.562. The Morgan fingerprint density at radius 3 is 2.63 bits per heavy atom. The predicted molar refractivity (Wildman–Crippen MR) is 74.8 cm³/mol. The number of carbonyl (C=O) groups is 1. The van der Waals surface area contributed by atoms with Gasteiger partial charge in [0.1, 0.15) is 5.82 Å². The third-order valence-electron chi connectivity index (χ3n) is 3.46. The zero-order valence-electron chi connectivity index (χ0n) is 11.7. The molecule has 19 heavy (non-hydrogen) atoms. The van der Waals surface area contributed by atoms with E-state index >= 15 is 0 Å². The summed E-state index contributed by atoms with van der Waals surface area (Å²) < 4.78 is 13.5. The second-order valence-corrected chi connectivity index (χ2v) is 5.77. The standard InChI is InChI=1S/C16H22FNO/c1-12(2)11-18(13-7-8-13)10-9-16(19)14-5-3-4-6-15(14)17/h3-6,12-13H,7-11H2,1-2H3. The number of hydrogen-bond acceptors (Lipinski definition) is 2. The lowest BCUT2D eigenvalue weighted by molar-refractivity contribution is 0.0954. The highest BCUT2D eigenvalue weighted by Crippen LogP contribution is 2.27. The molecule has 0 unspecified atom stereocenters. The highest BCUT2D eigenvalue weighted by atomic mass is 19.1. The summed E-state index contributed by atoms with van der Waals surface area (Å²) in [6.45, 7) is 6.15. The SMILES string of the molecule is CC(C)CN(CCC(=O)c1ccccc1F)C1CC1. The maximum Gasteiger partial charge on any atom is 0.167 e. The van der Waals surface area contributed by atoms with Crippen molar-refractivity contribution in [2.75, 3.05) is 13.1 Å². The lowest BCUT2D eigenvalue weighted by Crippen LogP contribution is -2.32. The van der Waals surface area contributed by atoms with Crippen molar-refractivity contribution in [2.45, 2.75) is 39.2 Å². The van der Waals surface area contributed by atoms with Crippen LogP contribution in [0.25, 0.3) is 0 Å². The quantitative estimate of drug-likeness (QED) is 0.702. The zero-order chi connectivity index (χ0) is 13.8. The maximum absolute atomic E-state index is 13.5. The van der Waals surface area contributed by atoms with Crippen LogP contribution in [-0.4, -0.2) is 29.8 Å². The second kappa shape index (κ2) is 6.29. The molecule has 0 amide bonds. The van der Waals surface area contributed by atoms with Crippen molar-refractivity contribution in [2.24, 2.45) is 5.92 Å². The molecule has 0 saturated heterocycles. The molecule has 2 rings (SSSR count). The number of nitrogens with zero attached hydrogens (tertiary/aromatic N) is 1. The molecule has 0 aliphatic heterocycles. The van der Waals surface area contributed by atoms with Crippen LogP contribution in [0.4, 0.5) is 4.39 Å². The molecule has 0 bridgehead atoms. The molecule has 1 aliphatic rings. The molecule has 0 spiro atoms. The number of Topliss-reactive ketones (excluding diaryl/α,β-unsaturated/α-hetero) is 1. The highest BCUT2D eigenvalue weighted by Gasteiger charge is 2.29. The first kappa shape index (κ1) is 14.2. The van der Waals surface area contributed by atoms with Crippen LogP contribution in [0.1, 0.15) is 43.5 Å². The predicted octanol–water partition coefficient (Wildman–Crippen LogP) is 3.52. The largest absolute Gasteiger partial charge is 0.300 e. The zero-order valence-corrected chi connectivity index (χ0v) is 11.7. The van der Waals surface area contributed by atoms with Gasteiger partial charge >= 0.3 is 0 Å². The molecule has 0 aromatic heterocycles. The number of hydrogen-bond donors (Lipinski definition) is 0. The molecular formula is C16H22FNO. The van der Waals surface area contributed by atoms with E-state index < -0.39 is 5.82 Å². The third kappa shape index (κ3) is 4.13. The number of benzene rings is 1. The molecule has 104 valence electrons. The monoisotopic (exact) mass is 263 g/mol. The molecule has 1 fully saturated rings. The Bertz CT molecular complexity index is 440. The van der Waals surface area contributed by atoms with E-state index in [1.165, 1.54) is 18.9 Å². The van der Waals surface area contributed by atoms with Gasteiger partial charge in [0.05, 0.1) is 5.56 Å². The van der Waals surface area contributed by atoms with Crippen molar-refractivity contribution in [1.82, 2.24) is 4.90 Å². The van der Waals surface area contributed by atoms with Crippen LogP contribution >= 0.6 is 0 Å². The molecule has 0 atom stereocenters. The summed E-state index contributed by atoms with van der Waals surface area (Å²) in [5.74, 6) is 0.103. The minimum absolute atomic E-state index is 0.0903. The molecule has 1 aliphatic carbocycles.